The van der Waals surface area contributed by atoms with Crippen molar-refractivity contribution in [2.75, 3.05) is 0 Å². The molecule has 0 aromatic carbocycles. The molecule has 1 heterocycles. The molecule has 1 aromatic heterocycles. The van der Waals surface area contributed by atoms with Crippen LogP contribution in [0.3, 0.4) is 0 Å². The van der Waals surface area contributed by atoms with E-state index < -0.39 is 11.2 Å². The van der Waals surface area contributed by atoms with Gasteiger partial charge in [-0.2, -0.15) is 4.39 Å². The predicted octanol–water partition coefficient (Wildman–Crippen LogP) is 1.94. The fourth-order valence-electron chi connectivity index (χ4n) is 0.639. The molecule has 0 aliphatic carbocycles. The van der Waals surface area contributed by atoms with E-state index >= 15 is 0 Å². The first-order chi connectivity index (χ1) is 5.04. The van der Waals surface area contributed by atoms with Crippen LogP contribution in [-0.2, 0) is 7.05 Å². The highest BCUT2D eigenvalue weighted by Gasteiger charge is 2.09. The first-order valence-corrected chi connectivity index (χ1v) is 3.91. The molecule has 0 saturated heterocycles. The number of hydrogen-bond donors (Lipinski definition) is 0. The molecule has 2 nitrogen and oxygen atoms in total. The number of aromatic nitrogens is 1. The Labute approximate surface area is 75.7 Å². The topological polar surface area (TPSA) is 22.0 Å². The Kier molecular flexibility index (Phi) is 2.34. The smallest absolute Gasteiger partial charge is 0.236 e. The number of hydrogen-bond acceptors (Lipinski definition) is 1. The van der Waals surface area contributed by atoms with Crippen molar-refractivity contribution in [1.82, 2.24) is 4.57 Å². The summed E-state index contributed by atoms with van der Waals surface area (Å²) in [5.74, 6) is -0.861. The largest absolute Gasteiger partial charge is 0.341 e. The lowest BCUT2D eigenvalue weighted by Crippen LogP contribution is -2.12. The molecule has 0 fully saturated rings. The molecule has 0 amide bonds. The Hall–Kier alpha value is -0.350. The number of rotatable bonds is 0. The minimum atomic E-state index is -0.861. The highest BCUT2D eigenvalue weighted by molar-refractivity contribution is 9.10. The third kappa shape index (κ3) is 1.46. The second-order valence-corrected chi connectivity index (χ2v) is 3.18. The van der Waals surface area contributed by atoms with Gasteiger partial charge in [-0.3, -0.25) is 4.79 Å². The average Bonchev–Trinajstić information content (AvgIpc) is 1.97. The summed E-state index contributed by atoms with van der Waals surface area (Å²) in [7, 11) is 1.58. The van der Waals surface area contributed by atoms with Crippen molar-refractivity contribution in [2.24, 2.45) is 7.05 Å². The summed E-state index contributed by atoms with van der Waals surface area (Å²) in [6.45, 7) is 0. The van der Waals surface area contributed by atoms with Crippen molar-refractivity contribution < 1.29 is 4.39 Å². The molecule has 0 atom stereocenters. The van der Waals surface area contributed by atoms with Gasteiger partial charge in [0.2, 0.25) is 11.2 Å². The summed E-state index contributed by atoms with van der Waals surface area (Å²) in [5.41, 5.74) is -0.781. The molecule has 0 aliphatic heterocycles. The molecule has 0 N–H and O–H groups in total. The summed E-state index contributed by atoms with van der Waals surface area (Å²) in [6, 6.07) is 0. The third-order valence-corrected chi connectivity index (χ3v) is 2.39. The van der Waals surface area contributed by atoms with Crippen molar-refractivity contribution >= 4 is 27.5 Å². The summed E-state index contributed by atoms with van der Waals surface area (Å²) >= 11 is 8.29. The highest BCUT2D eigenvalue weighted by Crippen LogP contribution is 2.13. The summed E-state index contributed by atoms with van der Waals surface area (Å²) in [4.78, 5) is 10.8. The van der Waals surface area contributed by atoms with E-state index in [2.05, 4.69) is 15.9 Å². The van der Waals surface area contributed by atoms with Crippen LogP contribution in [0, 0.1) is 5.82 Å². The molecule has 0 aliphatic rings. The van der Waals surface area contributed by atoms with Crippen LogP contribution in [0.15, 0.2) is 15.6 Å². The minimum Gasteiger partial charge on any atom is -0.341 e. The molecule has 5 heteroatoms. The van der Waals surface area contributed by atoms with Gasteiger partial charge in [0.1, 0.15) is 9.63 Å². The van der Waals surface area contributed by atoms with Gasteiger partial charge in [0, 0.05) is 13.2 Å². The van der Waals surface area contributed by atoms with E-state index in [4.69, 9.17) is 11.6 Å². The van der Waals surface area contributed by atoms with Crippen LogP contribution in [0.5, 0.6) is 0 Å². The quantitative estimate of drug-likeness (QED) is 0.635. The zero-order valence-electron chi connectivity index (χ0n) is 5.57. The molecule has 1 aromatic rings. The third-order valence-electron chi connectivity index (χ3n) is 1.21. The SMILES string of the molecule is Cn1cc(Cl)c(=O)c(F)c1Br. The van der Waals surface area contributed by atoms with E-state index in [-0.39, 0.29) is 9.63 Å². The lowest BCUT2D eigenvalue weighted by molar-refractivity contribution is 0.586. The maximum atomic E-state index is 12.8. The molecule has 0 radical (unpaired) electrons. The highest BCUT2D eigenvalue weighted by atomic mass is 79.9. The van der Waals surface area contributed by atoms with Gasteiger partial charge in [-0.25, -0.2) is 0 Å². The summed E-state index contributed by atoms with van der Waals surface area (Å²) in [6.07, 6.45) is 1.34. The van der Waals surface area contributed by atoms with Gasteiger partial charge in [0.05, 0.1) is 0 Å². The first-order valence-electron chi connectivity index (χ1n) is 2.74. The van der Waals surface area contributed by atoms with Crippen molar-refractivity contribution in [3.63, 3.8) is 0 Å². The molecule has 60 valence electrons. The van der Waals surface area contributed by atoms with Crippen LogP contribution < -0.4 is 5.43 Å². The normalized spacial score (nSPS) is 10.2. The predicted molar refractivity (Wildman–Crippen MR) is 44.4 cm³/mol. The summed E-state index contributed by atoms with van der Waals surface area (Å²) < 4.78 is 14.3. The van der Waals surface area contributed by atoms with Crippen LogP contribution in [0.1, 0.15) is 0 Å². The number of halogens is 3. The van der Waals surface area contributed by atoms with E-state index in [1.165, 1.54) is 10.8 Å². The van der Waals surface area contributed by atoms with Crippen LogP contribution in [0.2, 0.25) is 5.02 Å². The number of aryl methyl sites for hydroxylation is 1. The lowest BCUT2D eigenvalue weighted by Gasteiger charge is -2.02. The van der Waals surface area contributed by atoms with Gasteiger partial charge in [-0.1, -0.05) is 11.6 Å². The molecule has 11 heavy (non-hydrogen) atoms. The molecule has 0 saturated carbocycles. The van der Waals surface area contributed by atoms with E-state index in [0.29, 0.717) is 0 Å². The van der Waals surface area contributed by atoms with Gasteiger partial charge < -0.3 is 4.57 Å². The molecule has 0 spiro atoms. The van der Waals surface area contributed by atoms with E-state index in [1.807, 2.05) is 0 Å². The molecule has 1 rings (SSSR count). The average molecular weight is 240 g/mol. The Balaban J connectivity index is 3.59. The van der Waals surface area contributed by atoms with Crippen molar-refractivity contribution in [3.05, 3.63) is 31.9 Å². The molecule has 0 unspecified atom stereocenters. The van der Waals surface area contributed by atoms with Gasteiger partial charge in [-0.15, -0.1) is 0 Å². The van der Waals surface area contributed by atoms with Crippen LogP contribution in [0.25, 0.3) is 0 Å². The second-order valence-electron chi connectivity index (χ2n) is 2.02. The Morgan fingerprint density at radius 3 is 2.82 bits per heavy atom. The number of nitrogens with zero attached hydrogens (tertiary/aromatic N) is 1. The Morgan fingerprint density at radius 1 is 1.73 bits per heavy atom. The standard InChI is InChI=1S/C6H4BrClFNO/c1-10-2-3(8)5(11)4(9)6(10)7/h2H,1H3. The zero-order valence-corrected chi connectivity index (χ0v) is 7.91. The second kappa shape index (κ2) is 2.95. The van der Waals surface area contributed by atoms with Crippen LogP contribution in [0.4, 0.5) is 4.39 Å². The monoisotopic (exact) mass is 239 g/mol. The van der Waals surface area contributed by atoms with Gasteiger partial charge in [0.25, 0.3) is 0 Å². The van der Waals surface area contributed by atoms with Gasteiger partial charge in [0.15, 0.2) is 0 Å². The molecular formula is C6H4BrClFNO. The van der Waals surface area contributed by atoms with Crippen molar-refractivity contribution in [2.45, 2.75) is 0 Å². The minimum absolute atomic E-state index is 0.104. The summed E-state index contributed by atoms with van der Waals surface area (Å²) in [5, 5.41) is -0.117. The maximum absolute atomic E-state index is 12.8. The Morgan fingerprint density at radius 2 is 2.27 bits per heavy atom. The van der Waals surface area contributed by atoms with Gasteiger partial charge >= 0.3 is 0 Å². The zero-order chi connectivity index (χ0) is 8.59. The maximum Gasteiger partial charge on any atom is 0.236 e. The lowest BCUT2D eigenvalue weighted by atomic mass is 10.4. The van der Waals surface area contributed by atoms with E-state index in [1.54, 1.807) is 7.05 Å². The molecule has 0 bridgehead atoms. The fourth-order valence-corrected chi connectivity index (χ4v) is 1.15. The number of pyridine rings is 1. The van der Waals surface area contributed by atoms with Crippen LogP contribution in [-0.4, -0.2) is 4.57 Å². The molecular weight excluding hydrogens is 236 g/mol. The van der Waals surface area contributed by atoms with Crippen molar-refractivity contribution in [3.8, 4) is 0 Å². The Bertz CT molecular complexity index is 349. The fraction of sp³-hybridized carbons (Fsp3) is 0.167. The van der Waals surface area contributed by atoms with Gasteiger partial charge in [-0.05, 0) is 15.9 Å². The van der Waals surface area contributed by atoms with Crippen molar-refractivity contribution in [1.29, 1.82) is 0 Å². The van der Waals surface area contributed by atoms with E-state index in [9.17, 15) is 9.18 Å². The van der Waals surface area contributed by atoms with E-state index in [0.717, 1.165) is 0 Å². The first kappa shape index (κ1) is 8.74. The van der Waals surface area contributed by atoms with Crippen LogP contribution >= 0.6 is 27.5 Å².